The summed E-state index contributed by atoms with van der Waals surface area (Å²) in [4.78, 5) is 34.1. The number of benzene rings is 2. The Balaban J connectivity index is 1.39. The number of amides is 1. The average molecular weight is 546 g/mol. The molecular formula is C27H22F3N9O. The number of aromatic nitrogens is 5. The molecule has 5 N–H and O–H groups in total. The van der Waals surface area contributed by atoms with Crippen molar-refractivity contribution >= 4 is 45.9 Å². The number of halogens is 3. The van der Waals surface area contributed by atoms with Crippen LogP contribution in [0.3, 0.4) is 0 Å². The smallest absolute Gasteiger partial charge is 0.382 e. The Morgan fingerprint density at radius 1 is 1.00 bits per heavy atom. The van der Waals surface area contributed by atoms with Gasteiger partial charge in [-0.3, -0.25) is 9.78 Å². The van der Waals surface area contributed by atoms with Crippen molar-refractivity contribution in [3.63, 3.8) is 0 Å². The molecule has 40 heavy (non-hydrogen) atoms. The summed E-state index contributed by atoms with van der Waals surface area (Å²) >= 11 is 0. The van der Waals surface area contributed by atoms with Gasteiger partial charge in [-0.05, 0) is 54.4 Å². The molecule has 0 atom stereocenters. The molecule has 0 spiro atoms. The number of aryl methyl sites for hydroxylation is 1. The van der Waals surface area contributed by atoms with Crippen molar-refractivity contribution in [2.24, 2.45) is 0 Å². The van der Waals surface area contributed by atoms with E-state index in [4.69, 9.17) is 5.73 Å². The van der Waals surface area contributed by atoms with E-state index in [-0.39, 0.29) is 17.3 Å². The van der Waals surface area contributed by atoms with Crippen LogP contribution in [-0.2, 0) is 12.7 Å². The van der Waals surface area contributed by atoms with Crippen LogP contribution in [-0.4, -0.2) is 30.8 Å². The fraction of sp³-hybridized carbons (Fsp3) is 0.111. The van der Waals surface area contributed by atoms with Crippen LogP contribution in [0.2, 0.25) is 0 Å². The predicted molar refractivity (Wildman–Crippen MR) is 145 cm³/mol. The Hall–Kier alpha value is -5.33. The van der Waals surface area contributed by atoms with Gasteiger partial charge in [0, 0.05) is 35.9 Å². The maximum Gasteiger partial charge on any atom is 0.416 e. The van der Waals surface area contributed by atoms with E-state index in [2.05, 4.69) is 40.9 Å². The van der Waals surface area contributed by atoms with Crippen LogP contribution in [0.5, 0.6) is 0 Å². The number of hydrogen-bond acceptors (Lipinski definition) is 9. The summed E-state index contributed by atoms with van der Waals surface area (Å²) in [5, 5.41) is 8.94. The highest BCUT2D eigenvalue weighted by Gasteiger charge is 2.31. The van der Waals surface area contributed by atoms with Crippen molar-refractivity contribution in [1.82, 2.24) is 24.9 Å². The zero-order chi connectivity index (χ0) is 28.3. The molecule has 0 aliphatic carbocycles. The minimum Gasteiger partial charge on any atom is -0.382 e. The highest BCUT2D eigenvalue weighted by molar-refractivity contribution is 6.04. The van der Waals surface area contributed by atoms with Gasteiger partial charge in [-0.2, -0.15) is 18.2 Å². The third kappa shape index (κ3) is 5.88. The quantitative estimate of drug-likeness (QED) is 0.213. The number of carbonyl (C=O) groups is 1. The molecule has 202 valence electrons. The van der Waals surface area contributed by atoms with Gasteiger partial charge in [0.2, 0.25) is 5.95 Å². The number of carbonyl (C=O) groups excluding carboxylic acids is 1. The van der Waals surface area contributed by atoms with Crippen LogP contribution in [0.4, 0.5) is 42.1 Å². The van der Waals surface area contributed by atoms with Gasteiger partial charge in [-0.1, -0.05) is 18.2 Å². The monoisotopic (exact) mass is 545 g/mol. The molecule has 3 heterocycles. The molecule has 0 fully saturated rings. The van der Waals surface area contributed by atoms with E-state index in [0.717, 1.165) is 23.3 Å². The lowest BCUT2D eigenvalue weighted by Gasteiger charge is -2.14. The van der Waals surface area contributed by atoms with E-state index in [1.54, 1.807) is 30.6 Å². The largest absolute Gasteiger partial charge is 0.416 e. The number of anilines is 5. The van der Waals surface area contributed by atoms with Crippen molar-refractivity contribution in [2.45, 2.75) is 19.6 Å². The molecule has 0 radical (unpaired) electrons. The second-order valence-electron chi connectivity index (χ2n) is 8.75. The number of nitrogens with two attached hydrogens (primary N) is 1. The fourth-order valence-electron chi connectivity index (χ4n) is 3.83. The van der Waals surface area contributed by atoms with E-state index < -0.39 is 17.6 Å². The van der Waals surface area contributed by atoms with Gasteiger partial charge < -0.3 is 21.7 Å². The van der Waals surface area contributed by atoms with Crippen LogP contribution in [0, 0.1) is 6.92 Å². The summed E-state index contributed by atoms with van der Waals surface area (Å²) in [5.74, 6) is 0.0831. The molecule has 0 aliphatic heterocycles. The molecular weight excluding hydrogens is 523 g/mol. The van der Waals surface area contributed by atoms with E-state index in [1.807, 2.05) is 19.1 Å². The van der Waals surface area contributed by atoms with E-state index in [9.17, 15) is 18.0 Å². The molecule has 10 nitrogen and oxygen atoms in total. The van der Waals surface area contributed by atoms with Crippen molar-refractivity contribution in [3.05, 3.63) is 95.6 Å². The zero-order valence-corrected chi connectivity index (χ0v) is 21.0. The standard InChI is InChI=1S/C27H22F3N9O/c1-15-7-8-19(36-25(40)17-5-2-6-18(10-17)27(28,29)30)11-20(15)37-24-22-21(34-14-35-24)23(31)39-26(38-22)33-13-16-4-3-9-32-12-16/h2-12,14H,13H2,1H3,(H,36,40)(H,34,35,37)(H3,31,33,38,39). The molecule has 1 amide bonds. The van der Waals surface area contributed by atoms with Crippen molar-refractivity contribution < 1.29 is 18.0 Å². The molecule has 0 bridgehead atoms. The predicted octanol–water partition coefficient (Wildman–Crippen LogP) is 5.33. The van der Waals surface area contributed by atoms with Crippen LogP contribution in [0.25, 0.3) is 11.0 Å². The first-order chi connectivity index (χ1) is 19.2. The zero-order valence-electron chi connectivity index (χ0n) is 21.0. The van der Waals surface area contributed by atoms with E-state index >= 15 is 0 Å². The second-order valence-corrected chi connectivity index (χ2v) is 8.75. The second kappa shape index (κ2) is 10.8. The minimum absolute atomic E-state index is 0.120. The molecule has 0 aliphatic rings. The average Bonchev–Trinajstić information content (AvgIpc) is 2.94. The number of fused-ring (bicyclic) bond motifs is 1. The minimum atomic E-state index is -4.56. The summed E-state index contributed by atoms with van der Waals surface area (Å²) in [6, 6.07) is 13.0. The number of nitrogens with zero attached hydrogens (tertiary/aromatic N) is 5. The molecule has 0 saturated heterocycles. The van der Waals surface area contributed by atoms with Crippen LogP contribution >= 0.6 is 0 Å². The number of rotatable bonds is 7. The first-order valence-corrected chi connectivity index (χ1v) is 11.9. The topological polar surface area (TPSA) is 144 Å². The highest BCUT2D eigenvalue weighted by atomic mass is 19.4. The molecule has 0 unspecified atom stereocenters. The summed E-state index contributed by atoms with van der Waals surface area (Å²) in [5.41, 5.74) is 8.50. The van der Waals surface area contributed by atoms with E-state index in [1.165, 1.54) is 18.5 Å². The number of pyridine rings is 1. The maximum atomic E-state index is 13.1. The lowest BCUT2D eigenvalue weighted by atomic mass is 10.1. The molecule has 13 heteroatoms. The third-order valence-electron chi connectivity index (χ3n) is 5.88. The van der Waals surface area contributed by atoms with Crippen molar-refractivity contribution in [2.75, 3.05) is 21.7 Å². The van der Waals surface area contributed by atoms with Gasteiger partial charge in [0.15, 0.2) is 11.6 Å². The molecule has 2 aromatic carbocycles. The van der Waals surface area contributed by atoms with Gasteiger partial charge >= 0.3 is 6.18 Å². The highest BCUT2D eigenvalue weighted by Crippen LogP contribution is 2.31. The van der Waals surface area contributed by atoms with Crippen LogP contribution in [0.15, 0.2) is 73.3 Å². The SMILES string of the molecule is Cc1ccc(NC(=O)c2cccc(C(F)(F)F)c2)cc1Nc1ncnc2c(N)nc(NCc3cccnc3)nc12. The van der Waals surface area contributed by atoms with Gasteiger partial charge in [0.1, 0.15) is 17.4 Å². The van der Waals surface area contributed by atoms with Gasteiger partial charge in [0.25, 0.3) is 5.91 Å². The molecule has 0 saturated carbocycles. The molecule has 3 aromatic heterocycles. The van der Waals surface area contributed by atoms with Gasteiger partial charge in [-0.15, -0.1) is 0 Å². The first-order valence-electron chi connectivity index (χ1n) is 11.9. The van der Waals surface area contributed by atoms with Gasteiger partial charge in [0.05, 0.1) is 5.56 Å². The fourth-order valence-corrected chi connectivity index (χ4v) is 3.83. The Labute approximate surface area is 225 Å². The van der Waals surface area contributed by atoms with E-state index in [0.29, 0.717) is 34.8 Å². The summed E-state index contributed by atoms with van der Waals surface area (Å²) in [7, 11) is 0. The Morgan fingerprint density at radius 2 is 1.85 bits per heavy atom. The van der Waals surface area contributed by atoms with Gasteiger partial charge in [-0.25, -0.2) is 15.0 Å². The number of alkyl halides is 3. The summed E-state index contributed by atoms with van der Waals surface area (Å²) in [6.07, 6.45) is 0.159. The number of nitrogen functional groups attached to an aromatic ring is 1. The molecule has 5 aromatic rings. The molecule has 5 rings (SSSR count). The Kier molecular flexibility index (Phi) is 7.10. The maximum absolute atomic E-state index is 13.1. The van der Waals surface area contributed by atoms with Crippen LogP contribution in [0.1, 0.15) is 27.0 Å². The third-order valence-corrected chi connectivity index (χ3v) is 5.88. The lowest BCUT2D eigenvalue weighted by molar-refractivity contribution is -0.137. The Bertz CT molecular complexity index is 1690. The van der Waals surface area contributed by atoms with Crippen molar-refractivity contribution in [3.8, 4) is 0 Å². The number of nitrogens with one attached hydrogen (secondary N) is 3. The summed E-state index contributed by atoms with van der Waals surface area (Å²) < 4.78 is 39.2. The van der Waals surface area contributed by atoms with Crippen molar-refractivity contribution in [1.29, 1.82) is 0 Å². The number of hydrogen-bond donors (Lipinski definition) is 4. The van der Waals surface area contributed by atoms with Crippen LogP contribution < -0.4 is 21.7 Å². The first kappa shape index (κ1) is 26.3. The summed E-state index contributed by atoms with van der Waals surface area (Å²) in [6.45, 7) is 2.26. The lowest BCUT2D eigenvalue weighted by Crippen LogP contribution is -2.14. The normalized spacial score (nSPS) is 11.3. The Morgan fingerprint density at radius 3 is 2.62 bits per heavy atom.